The number of methoxy groups -OCH3 is 1. The highest BCUT2D eigenvalue weighted by Gasteiger charge is 2.26. The Morgan fingerprint density at radius 1 is 0.828 bits per heavy atom. The van der Waals surface area contributed by atoms with E-state index in [1.807, 2.05) is 0 Å². The molecule has 0 amide bonds. The van der Waals surface area contributed by atoms with Crippen LogP contribution in [0.1, 0.15) is 24.8 Å². The first-order valence-electron chi connectivity index (χ1n) is 9.45. The normalized spacial score (nSPS) is 15.9. The van der Waals surface area contributed by atoms with Crippen LogP contribution in [0.25, 0.3) is 0 Å². The summed E-state index contributed by atoms with van der Waals surface area (Å²) < 4.78 is 62.0. The van der Waals surface area contributed by atoms with E-state index in [9.17, 15) is 16.8 Å². The molecule has 0 aromatic heterocycles. The molecule has 0 spiro atoms. The monoisotopic (exact) mass is 439 g/mol. The van der Waals surface area contributed by atoms with Crippen molar-refractivity contribution in [2.75, 3.05) is 26.8 Å². The molecule has 1 heterocycles. The standard InChI is InChI=1S/C20H25NO6S2/c1-26-16-13-17-5-7-18(8-6-17)27-29(24,25)20-11-9-19(10-12-20)28(22,23)21-14-3-2-4-15-21/h5-12H,2-4,13-16H2,1H3. The van der Waals surface area contributed by atoms with Crippen molar-refractivity contribution < 1.29 is 25.8 Å². The van der Waals surface area contributed by atoms with E-state index in [4.69, 9.17) is 8.92 Å². The lowest BCUT2D eigenvalue weighted by Gasteiger charge is -2.25. The van der Waals surface area contributed by atoms with Crippen LogP contribution in [0.4, 0.5) is 0 Å². The SMILES string of the molecule is COCCc1ccc(OS(=O)(=O)c2ccc(S(=O)(=O)N3CCCCC3)cc2)cc1. The van der Waals surface area contributed by atoms with Gasteiger partial charge in [0.05, 0.1) is 11.5 Å². The molecule has 7 nitrogen and oxygen atoms in total. The molecule has 0 bridgehead atoms. The predicted octanol–water partition coefficient (Wildman–Crippen LogP) is 2.82. The van der Waals surface area contributed by atoms with Crippen molar-refractivity contribution in [2.45, 2.75) is 35.5 Å². The second-order valence-electron chi connectivity index (χ2n) is 6.86. The molecule has 0 N–H and O–H groups in total. The lowest BCUT2D eigenvalue weighted by atomic mass is 10.1. The highest BCUT2D eigenvalue weighted by atomic mass is 32.2. The maximum atomic E-state index is 12.7. The van der Waals surface area contributed by atoms with Gasteiger partial charge in [-0.1, -0.05) is 18.6 Å². The molecule has 0 atom stereocenters. The summed E-state index contributed by atoms with van der Waals surface area (Å²) in [4.78, 5) is -0.0144. The Bertz CT molecular complexity index is 1010. The van der Waals surface area contributed by atoms with E-state index in [0.717, 1.165) is 31.2 Å². The third-order valence-electron chi connectivity index (χ3n) is 4.79. The van der Waals surface area contributed by atoms with Gasteiger partial charge in [0.2, 0.25) is 10.0 Å². The van der Waals surface area contributed by atoms with E-state index in [0.29, 0.717) is 19.7 Å². The maximum absolute atomic E-state index is 12.7. The van der Waals surface area contributed by atoms with Crippen LogP contribution in [0.15, 0.2) is 58.3 Å². The molecule has 158 valence electrons. The second kappa shape index (κ2) is 9.25. The molecule has 1 fully saturated rings. The van der Waals surface area contributed by atoms with Crippen LogP contribution in [0.2, 0.25) is 0 Å². The lowest BCUT2D eigenvalue weighted by Crippen LogP contribution is -2.35. The summed E-state index contributed by atoms with van der Waals surface area (Å²) >= 11 is 0. The van der Waals surface area contributed by atoms with Crippen LogP contribution in [0.5, 0.6) is 5.75 Å². The van der Waals surface area contributed by atoms with Gasteiger partial charge in [0.25, 0.3) is 0 Å². The van der Waals surface area contributed by atoms with Gasteiger partial charge >= 0.3 is 10.1 Å². The zero-order valence-electron chi connectivity index (χ0n) is 16.3. The van der Waals surface area contributed by atoms with Gasteiger partial charge < -0.3 is 8.92 Å². The molecule has 1 aliphatic rings. The minimum atomic E-state index is -4.06. The fourth-order valence-electron chi connectivity index (χ4n) is 3.14. The Labute approximate surface area is 172 Å². The van der Waals surface area contributed by atoms with E-state index in [1.165, 1.54) is 28.6 Å². The Balaban J connectivity index is 1.72. The smallest absolute Gasteiger partial charge is 0.339 e. The third kappa shape index (κ3) is 5.36. The first-order valence-corrected chi connectivity index (χ1v) is 12.3. The number of piperidine rings is 1. The number of rotatable bonds is 8. The number of benzene rings is 2. The van der Waals surface area contributed by atoms with Crippen LogP contribution in [0.3, 0.4) is 0 Å². The van der Waals surface area contributed by atoms with Gasteiger partial charge in [0.15, 0.2) is 0 Å². The number of hydrogen-bond donors (Lipinski definition) is 0. The highest BCUT2D eigenvalue weighted by molar-refractivity contribution is 7.89. The Morgan fingerprint density at radius 3 is 2.00 bits per heavy atom. The Morgan fingerprint density at radius 2 is 1.41 bits per heavy atom. The van der Waals surface area contributed by atoms with Gasteiger partial charge in [0.1, 0.15) is 10.6 Å². The first kappa shape index (κ1) is 21.8. The van der Waals surface area contributed by atoms with Crippen LogP contribution in [0, 0.1) is 0 Å². The largest absolute Gasteiger partial charge is 0.384 e. The number of sulfonamides is 1. The van der Waals surface area contributed by atoms with Gasteiger partial charge in [-0.25, -0.2) is 8.42 Å². The molecule has 29 heavy (non-hydrogen) atoms. The molecule has 1 aliphatic heterocycles. The van der Waals surface area contributed by atoms with Gasteiger partial charge in [0, 0.05) is 20.2 Å². The number of ether oxygens (including phenoxy) is 1. The molecule has 2 aromatic carbocycles. The zero-order chi connectivity index (χ0) is 20.9. The molecule has 1 saturated heterocycles. The molecule has 0 aliphatic carbocycles. The van der Waals surface area contributed by atoms with Crippen molar-refractivity contribution >= 4 is 20.1 Å². The van der Waals surface area contributed by atoms with Gasteiger partial charge in [-0.15, -0.1) is 0 Å². The van der Waals surface area contributed by atoms with Crippen LogP contribution in [-0.4, -0.2) is 47.9 Å². The van der Waals surface area contributed by atoms with Crippen molar-refractivity contribution in [1.82, 2.24) is 4.31 Å². The molecule has 3 rings (SSSR count). The molecular weight excluding hydrogens is 414 g/mol. The summed E-state index contributed by atoms with van der Waals surface area (Å²) in [5.41, 5.74) is 1.00. The zero-order valence-corrected chi connectivity index (χ0v) is 17.9. The molecular formula is C20H25NO6S2. The highest BCUT2D eigenvalue weighted by Crippen LogP contribution is 2.24. The molecule has 9 heteroatoms. The van der Waals surface area contributed by atoms with E-state index in [2.05, 4.69) is 0 Å². The summed E-state index contributed by atoms with van der Waals surface area (Å²) in [6, 6.07) is 11.9. The number of hydrogen-bond acceptors (Lipinski definition) is 6. The molecule has 0 unspecified atom stereocenters. The second-order valence-corrected chi connectivity index (χ2v) is 10.3. The fourth-order valence-corrected chi connectivity index (χ4v) is 5.59. The van der Waals surface area contributed by atoms with Crippen molar-refractivity contribution in [1.29, 1.82) is 0 Å². The Hall–Kier alpha value is -1.94. The van der Waals surface area contributed by atoms with E-state index in [1.54, 1.807) is 31.4 Å². The summed E-state index contributed by atoms with van der Waals surface area (Å²) in [6.45, 7) is 1.56. The maximum Gasteiger partial charge on any atom is 0.339 e. The number of nitrogens with zero attached hydrogens (tertiary/aromatic N) is 1. The summed E-state index contributed by atoms with van der Waals surface area (Å²) in [7, 11) is -6.05. The Kier molecular flexibility index (Phi) is 6.94. The average molecular weight is 440 g/mol. The predicted molar refractivity (Wildman–Crippen MR) is 109 cm³/mol. The molecule has 0 saturated carbocycles. The minimum Gasteiger partial charge on any atom is -0.384 e. The lowest BCUT2D eigenvalue weighted by molar-refractivity contribution is 0.202. The van der Waals surface area contributed by atoms with Crippen LogP contribution < -0.4 is 4.18 Å². The first-order chi connectivity index (χ1) is 13.8. The van der Waals surface area contributed by atoms with E-state index < -0.39 is 20.1 Å². The van der Waals surface area contributed by atoms with E-state index in [-0.39, 0.29) is 15.5 Å². The van der Waals surface area contributed by atoms with Crippen molar-refractivity contribution in [2.24, 2.45) is 0 Å². The van der Waals surface area contributed by atoms with Gasteiger partial charge in [-0.2, -0.15) is 12.7 Å². The quantitative estimate of drug-likeness (QED) is 0.588. The summed E-state index contributed by atoms with van der Waals surface area (Å²) in [5.74, 6) is 0.191. The van der Waals surface area contributed by atoms with Gasteiger partial charge in [-0.3, -0.25) is 0 Å². The average Bonchev–Trinajstić information content (AvgIpc) is 2.74. The van der Waals surface area contributed by atoms with Crippen molar-refractivity contribution in [3.8, 4) is 5.75 Å². The fraction of sp³-hybridized carbons (Fsp3) is 0.400. The topological polar surface area (TPSA) is 90.0 Å². The van der Waals surface area contributed by atoms with Crippen molar-refractivity contribution in [3.63, 3.8) is 0 Å². The summed E-state index contributed by atoms with van der Waals surface area (Å²) in [5, 5.41) is 0. The van der Waals surface area contributed by atoms with Gasteiger partial charge in [-0.05, 0) is 61.2 Å². The van der Waals surface area contributed by atoms with Crippen LogP contribution >= 0.6 is 0 Å². The van der Waals surface area contributed by atoms with Crippen molar-refractivity contribution in [3.05, 3.63) is 54.1 Å². The third-order valence-corrected chi connectivity index (χ3v) is 7.96. The van der Waals surface area contributed by atoms with Crippen LogP contribution in [-0.2, 0) is 31.3 Å². The molecule has 0 radical (unpaired) electrons. The molecule has 2 aromatic rings. The summed E-state index contributed by atoms with van der Waals surface area (Å²) in [6.07, 6.45) is 3.41. The van der Waals surface area contributed by atoms with E-state index >= 15 is 0 Å². The minimum absolute atomic E-state index is 0.0841.